The Balaban J connectivity index is 1.87. The van der Waals surface area contributed by atoms with Gasteiger partial charge < -0.3 is 16.0 Å². The lowest BCUT2D eigenvalue weighted by Crippen LogP contribution is -2.30. The molecule has 5 heteroatoms. The van der Waals surface area contributed by atoms with E-state index >= 15 is 0 Å². The molecule has 1 aromatic rings. The molecular weight excluding hydrogens is 218 g/mol. The fourth-order valence-electron chi connectivity index (χ4n) is 2.21. The molecule has 1 amide bonds. The minimum Gasteiger partial charge on any atom is -0.350 e. The van der Waals surface area contributed by atoms with Crippen LogP contribution in [0.3, 0.4) is 0 Å². The van der Waals surface area contributed by atoms with Gasteiger partial charge in [0.25, 0.3) is 5.91 Å². The third-order valence-corrected chi connectivity index (χ3v) is 3.15. The summed E-state index contributed by atoms with van der Waals surface area (Å²) in [6.45, 7) is 0.628. The summed E-state index contributed by atoms with van der Waals surface area (Å²) in [6.07, 6.45) is 3.06. The van der Waals surface area contributed by atoms with Crippen LogP contribution in [0.25, 0.3) is 0 Å². The number of H-pyrrole nitrogens is 1. The summed E-state index contributed by atoms with van der Waals surface area (Å²) in [5, 5.41) is 2.82. The predicted octanol–water partition coefficient (Wildman–Crippen LogP) is 0.232. The van der Waals surface area contributed by atoms with Gasteiger partial charge in [-0.15, -0.1) is 0 Å². The fourth-order valence-corrected chi connectivity index (χ4v) is 2.21. The van der Waals surface area contributed by atoms with E-state index in [1.807, 2.05) is 0 Å². The Morgan fingerprint density at radius 3 is 2.94 bits per heavy atom. The molecule has 0 bridgehead atoms. The molecule has 1 saturated carbocycles. The van der Waals surface area contributed by atoms with Gasteiger partial charge in [0.05, 0.1) is 0 Å². The first-order valence-electron chi connectivity index (χ1n) is 5.88. The molecule has 4 N–H and O–H groups in total. The molecular formula is C12H17N3O2. The van der Waals surface area contributed by atoms with Crippen LogP contribution in [-0.4, -0.2) is 23.5 Å². The molecule has 1 heterocycles. The van der Waals surface area contributed by atoms with E-state index < -0.39 is 0 Å². The van der Waals surface area contributed by atoms with Crippen molar-refractivity contribution in [2.45, 2.75) is 25.3 Å². The highest BCUT2D eigenvalue weighted by atomic mass is 16.2. The van der Waals surface area contributed by atoms with E-state index in [2.05, 4.69) is 10.3 Å². The SMILES string of the molecule is NC1CCC(CNC(=O)c2cccc(=O)[nH]2)C1. The largest absolute Gasteiger partial charge is 0.350 e. The van der Waals surface area contributed by atoms with Crippen LogP contribution in [-0.2, 0) is 0 Å². The summed E-state index contributed by atoms with van der Waals surface area (Å²) < 4.78 is 0. The first-order valence-corrected chi connectivity index (χ1v) is 5.88. The summed E-state index contributed by atoms with van der Waals surface area (Å²) in [6, 6.07) is 4.82. The van der Waals surface area contributed by atoms with Crippen LogP contribution >= 0.6 is 0 Å². The van der Waals surface area contributed by atoms with Crippen LogP contribution in [0.2, 0.25) is 0 Å². The molecule has 1 aliphatic rings. The average molecular weight is 235 g/mol. The fraction of sp³-hybridized carbons (Fsp3) is 0.500. The van der Waals surface area contributed by atoms with E-state index in [4.69, 9.17) is 5.73 Å². The molecule has 17 heavy (non-hydrogen) atoms. The number of aromatic amines is 1. The average Bonchev–Trinajstić information content (AvgIpc) is 2.72. The van der Waals surface area contributed by atoms with E-state index in [9.17, 15) is 9.59 Å². The van der Waals surface area contributed by atoms with E-state index in [0.29, 0.717) is 18.2 Å². The number of hydrogen-bond donors (Lipinski definition) is 3. The van der Waals surface area contributed by atoms with Gasteiger partial charge in [-0.3, -0.25) is 9.59 Å². The Labute approximate surface area is 99.4 Å². The van der Waals surface area contributed by atoms with Crippen LogP contribution in [0.15, 0.2) is 23.0 Å². The van der Waals surface area contributed by atoms with Crippen molar-refractivity contribution >= 4 is 5.91 Å². The van der Waals surface area contributed by atoms with Crippen molar-refractivity contribution in [1.82, 2.24) is 10.3 Å². The number of nitrogens with one attached hydrogen (secondary N) is 2. The number of pyridine rings is 1. The van der Waals surface area contributed by atoms with Gasteiger partial charge in [-0.2, -0.15) is 0 Å². The zero-order valence-corrected chi connectivity index (χ0v) is 9.61. The Morgan fingerprint density at radius 2 is 2.29 bits per heavy atom. The highest BCUT2D eigenvalue weighted by molar-refractivity contribution is 5.92. The predicted molar refractivity (Wildman–Crippen MR) is 64.7 cm³/mol. The zero-order valence-electron chi connectivity index (χ0n) is 9.61. The van der Waals surface area contributed by atoms with Gasteiger partial charge in [0.15, 0.2) is 0 Å². The maximum atomic E-state index is 11.7. The van der Waals surface area contributed by atoms with Gasteiger partial charge in [-0.05, 0) is 31.2 Å². The maximum Gasteiger partial charge on any atom is 0.267 e. The number of nitrogens with two attached hydrogens (primary N) is 1. The zero-order chi connectivity index (χ0) is 12.3. The lowest BCUT2D eigenvalue weighted by Gasteiger charge is -2.10. The molecule has 0 spiro atoms. The van der Waals surface area contributed by atoms with E-state index in [1.54, 1.807) is 12.1 Å². The Bertz CT molecular complexity index is 455. The van der Waals surface area contributed by atoms with Crippen LogP contribution in [0.4, 0.5) is 0 Å². The molecule has 92 valence electrons. The summed E-state index contributed by atoms with van der Waals surface area (Å²) in [5.74, 6) is 0.229. The van der Waals surface area contributed by atoms with Crippen molar-refractivity contribution in [3.05, 3.63) is 34.2 Å². The number of carbonyl (C=O) groups excluding carboxylic acids is 1. The third kappa shape index (κ3) is 3.17. The molecule has 1 aromatic heterocycles. The van der Waals surface area contributed by atoms with Crippen molar-refractivity contribution in [3.8, 4) is 0 Å². The van der Waals surface area contributed by atoms with Gasteiger partial charge in [0.1, 0.15) is 5.69 Å². The second kappa shape index (κ2) is 5.14. The summed E-state index contributed by atoms with van der Waals surface area (Å²) in [5.41, 5.74) is 5.84. The molecule has 1 fully saturated rings. The number of hydrogen-bond acceptors (Lipinski definition) is 3. The molecule has 2 unspecified atom stereocenters. The van der Waals surface area contributed by atoms with E-state index in [-0.39, 0.29) is 17.5 Å². The van der Waals surface area contributed by atoms with E-state index in [0.717, 1.165) is 19.3 Å². The molecule has 2 rings (SSSR count). The van der Waals surface area contributed by atoms with Crippen LogP contribution in [0.1, 0.15) is 29.8 Å². The second-order valence-corrected chi connectivity index (χ2v) is 4.58. The molecule has 0 aromatic carbocycles. The molecule has 2 atom stereocenters. The highest BCUT2D eigenvalue weighted by Gasteiger charge is 2.22. The Morgan fingerprint density at radius 1 is 1.47 bits per heavy atom. The van der Waals surface area contributed by atoms with Crippen molar-refractivity contribution in [2.24, 2.45) is 11.7 Å². The maximum absolute atomic E-state index is 11.7. The van der Waals surface area contributed by atoms with Gasteiger partial charge in [0.2, 0.25) is 5.56 Å². The number of carbonyl (C=O) groups is 1. The van der Waals surface area contributed by atoms with Crippen molar-refractivity contribution in [1.29, 1.82) is 0 Å². The standard InChI is InChI=1S/C12H17N3O2/c13-9-5-4-8(6-9)7-14-12(17)10-2-1-3-11(16)15-10/h1-3,8-9H,4-7,13H2,(H,14,17)(H,15,16). The van der Waals surface area contributed by atoms with Crippen LogP contribution in [0.5, 0.6) is 0 Å². The molecule has 1 aliphatic carbocycles. The van der Waals surface area contributed by atoms with Gasteiger partial charge in [0, 0.05) is 18.7 Å². The van der Waals surface area contributed by atoms with E-state index in [1.165, 1.54) is 6.07 Å². The monoisotopic (exact) mass is 235 g/mol. The van der Waals surface area contributed by atoms with Gasteiger partial charge in [-0.25, -0.2) is 0 Å². The molecule has 5 nitrogen and oxygen atoms in total. The molecule has 0 radical (unpaired) electrons. The number of aromatic nitrogens is 1. The first-order chi connectivity index (χ1) is 8.15. The first kappa shape index (κ1) is 11.9. The highest BCUT2D eigenvalue weighted by Crippen LogP contribution is 2.23. The minimum absolute atomic E-state index is 0.233. The lowest BCUT2D eigenvalue weighted by molar-refractivity contribution is 0.0942. The van der Waals surface area contributed by atoms with Crippen molar-refractivity contribution in [2.75, 3.05) is 6.54 Å². The Kier molecular flexibility index (Phi) is 3.58. The summed E-state index contributed by atoms with van der Waals surface area (Å²) in [7, 11) is 0. The normalized spacial score (nSPS) is 23.6. The van der Waals surface area contributed by atoms with Crippen molar-refractivity contribution < 1.29 is 4.79 Å². The van der Waals surface area contributed by atoms with Crippen molar-refractivity contribution in [3.63, 3.8) is 0 Å². The quantitative estimate of drug-likeness (QED) is 0.701. The number of amides is 1. The minimum atomic E-state index is -0.263. The van der Waals surface area contributed by atoms with Crippen LogP contribution in [0, 0.1) is 5.92 Å². The third-order valence-electron chi connectivity index (χ3n) is 3.15. The molecule has 0 saturated heterocycles. The lowest BCUT2D eigenvalue weighted by atomic mass is 10.1. The van der Waals surface area contributed by atoms with Gasteiger partial charge >= 0.3 is 0 Å². The van der Waals surface area contributed by atoms with Crippen LogP contribution < -0.4 is 16.6 Å². The number of rotatable bonds is 3. The Hall–Kier alpha value is -1.62. The smallest absolute Gasteiger partial charge is 0.267 e. The summed E-state index contributed by atoms with van der Waals surface area (Å²) >= 11 is 0. The van der Waals surface area contributed by atoms with Gasteiger partial charge in [-0.1, -0.05) is 6.07 Å². The second-order valence-electron chi connectivity index (χ2n) is 4.58. The molecule has 0 aliphatic heterocycles. The topological polar surface area (TPSA) is 88.0 Å². The summed E-state index contributed by atoms with van der Waals surface area (Å²) in [4.78, 5) is 25.3.